The van der Waals surface area contributed by atoms with Gasteiger partial charge in [-0.25, -0.2) is 0 Å². The second-order valence-electron chi connectivity index (χ2n) is 5.46. The van der Waals surface area contributed by atoms with E-state index in [9.17, 15) is 18.0 Å². The Kier molecular flexibility index (Phi) is 4.67. The van der Waals surface area contributed by atoms with Gasteiger partial charge in [-0.3, -0.25) is 4.79 Å². The molecular formula is C18H14F3NO2S. The van der Waals surface area contributed by atoms with E-state index in [1.54, 1.807) is 16.7 Å². The number of carboxylic acid groups (broad SMARTS) is 1. The third-order valence-electron chi connectivity index (χ3n) is 3.76. The van der Waals surface area contributed by atoms with Crippen LogP contribution in [-0.2, 0) is 17.4 Å². The molecule has 130 valence electrons. The van der Waals surface area contributed by atoms with Crippen molar-refractivity contribution in [1.82, 2.24) is 4.57 Å². The largest absolute Gasteiger partial charge is 0.481 e. The third-order valence-corrected chi connectivity index (χ3v) is 4.65. The molecule has 0 aliphatic heterocycles. The predicted octanol–water partition coefficient (Wildman–Crippen LogP) is 5.24. The Labute approximate surface area is 146 Å². The van der Waals surface area contributed by atoms with Gasteiger partial charge in [-0.15, -0.1) is 11.3 Å². The molecule has 0 atom stereocenters. The average Bonchev–Trinajstić information content (AvgIpc) is 3.21. The number of aliphatic carboxylic acids is 1. The summed E-state index contributed by atoms with van der Waals surface area (Å²) in [6.07, 6.45) is -4.29. The molecule has 0 radical (unpaired) electrons. The Hall–Kier alpha value is -2.54. The standard InChI is InChI=1S/C18H14F3NO2S/c19-18(20,21)12-3-1-4-14(11-12)22-13(7-9-17(23)24)6-8-15(22)16-5-2-10-25-16/h1-6,8,10-11H,7,9H2,(H,23,24). The fourth-order valence-electron chi connectivity index (χ4n) is 2.65. The summed E-state index contributed by atoms with van der Waals surface area (Å²) in [6.45, 7) is 0. The predicted molar refractivity (Wildman–Crippen MR) is 90.0 cm³/mol. The Morgan fingerprint density at radius 2 is 1.92 bits per heavy atom. The van der Waals surface area contributed by atoms with Crippen molar-refractivity contribution in [2.75, 3.05) is 0 Å². The number of thiophene rings is 1. The van der Waals surface area contributed by atoms with Gasteiger partial charge < -0.3 is 9.67 Å². The van der Waals surface area contributed by atoms with E-state index in [1.165, 1.54) is 17.4 Å². The van der Waals surface area contributed by atoms with Crippen molar-refractivity contribution in [2.24, 2.45) is 0 Å². The maximum atomic E-state index is 13.1. The van der Waals surface area contributed by atoms with Crippen molar-refractivity contribution in [1.29, 1.82) is 0 Å². The molecule has 0 fully saturated rings. The molecule has 1 N–H and O–H groups in total. The van der Waals surface area contributed by atoms with E-state index in [2.05, 4.69) is 0 Å². The zero-order valence-electron chi connectivity index (χ0n) is 13.0. The maximum Gasteiger partial charge on any atom is 0.416 e. The highest BCUT2D eigenvalue weighted by Gasteiger charge is 2.30. The van der Waals surface area contributed by atoms with E-state index in [0.717, 1.165) is 22.7 Å². The number of halogens is 3. The zero-order chi connectivity index (χ0) is 18.0. The van der Waals surface area contributed by atoms with Crippen LogP contribution < -0.4 is 0 Å². The first-order chi connectivity index (χ1) is 11.9. The van der Waals surface area contributed by atoms with Gasteiger partial charge in [-0.05, 0) is 48.2 Å². The summed E-state index contributed by atoms with van der Waals surface area (Å²) in [7, 11) is 0. The SMILES string of the molecule is O=C(O)CCc1ccc(-c2cccs2)n1-c1cccc(C(F)(F)F)c1. The van der Waals surface area contributed by atoms with Crippen molar-refractivity contribution in [3.8, 4) is 16.3 Å². The molecule has 0 unspecified atom stereocenters. The Bertz CT molecular complexity index is 882. The lowest BCUT2D eigenvalue weighted by Gasteiger charge is -2.15. The molecule has 0 saturated heterocycles. The van der Waals surface area contributed by atoms with Gasteiger partial charge in [0.15, 0.2) is 0 Å². The van der Waals surface area contributed by atoms with Crippen molar-refractivity contribution < 1.29 is 23.1 Å². The molecule has 3 aromatic rings. The molecule has 2 aromatic heterocycles. The van der Waals surface area contributed by atoms with Crippen LogP contribution >= 0.6 is 11.3 Å². The molecular weight excluding hydrogens is 351 g/mol. The smallest absolute Gasteiger partial charge is 0.416 e. The molecule has 3 rings (SSSR count). The monoisotopic (exact) mass is 365 g/mol. The van der Waals surface area contributed by atoms with Crippen LogP contribution in [0.3, 0.4) is 0 Å². The van der Waals surface area contributed by atoms with Gasteiger partial charge in [-0.2, -0.15) is 13.2 Å². The first-order valence-corrected chi connectivity index (χ1v) is 8.38. The van der Waals surface area contributed by atoms with Gasteiger partial charge >= 0.3 is 12.1 Å². The Morgan fingerprint density at radius 3 is 2.56 bits per heavy atom. The highest BCUT2D eigenvalue weighted by Crippen LogP contribution is 2.34. The molecule has 1 aromatic carbocycles. The van der Waals surface area contributed by atoms with E-state index >= 15 is 0 Å². The normalized spacial score (nSPS) is 11.6. The lowest BCUT2D eigenvalue weighted by Crippen LogP contribution is -2.08. The summed E-state index contributed by atoms with van der Waals surface area (Å²) in [4.78, 5) is 11.8. The van der Waals surface area contributed by atoms with Crippen LogP contribution in [0.4, 0.5) is 13.2 Å². The Balaban J connectivity index is 2.12. The Morgan fingerprint density at radius 1 is 1.12 bits per heavy atom. The van der Waals surface area contributed by atoms with Gasteiger partial charge in [0.2, 0.25) is 0 Å². The number of carbonyl (C=O) groups is 1. The highest BCUT2D eigenvalue weighted by atomic mass is 32.1. The fourth-order valence-corrected chi connectivity index (χ4v) is 3.39. The van der Waals surface area contributed by atoms with Gasteiger partial charge in [0.25, 0.3) is 0 Å². The van der Waals surface area contributed by atoms with Crippen molar-refractivity contribution in [2.45, 2.75) is 19.0 Å². The van der Waals surface area contributed by atoms with E-state index in [-0.39, 0.29) is 12.8 Å². The average molecular weight is 365 g/mol. The third kappa shape index (κ3) is 3.76. The minimum absolute atomic E-state index is 0.0904. The topological polar surface area (TPSA) is 42.2 Å². The summed E-state index contributed by atoms with van der Waals surface area (Å²) >= 11 is 1.47. The molecule has 2 heterocycles. The van der Waals surface area contributed by atoms with Crippen LogP contribution in [-0.4, -0.2) is 15.6 Å². The van der Waals surface area contributed by atoms with Crippen molar-refractivity contribution in [3.05, 3.63) is 65.2 Å². The highest BCUT2D eigenvalue weighted by molar-refractivity contribution is 7.13. The van der Waals surface area contributed by atoms with E-state index in [4.69, 9.17) is 5.11 Å². The molecule has 0 bridgehead atoms. The fraction of sp³-hybridized carbons (Fsp3) is 0.167. The molecule has 25 heavy (non-hydrogen) atoms. The maximum absolute atomic E-state index is 13.1. The van der Waals surface area contributed by atoms with Gasteiger partial charge in [-0.1, -0.05) is 12.1 Å². The number of aromatic nitrogens is 1. The minimum atomic E-state index is -4.44. The molecule has 0 amide bonds. The van der Waals surface area contributed by atoms with Gasteiger partial charge in [0.05, 0.1) is 22.6 Å². The number of carboxylic acids is 1. The summed E-state index contributed by atoms with van der Waals surface area (Å²) in [5.41, 5.74) is 1.03. The van der Waals surface area contributed by atoms with Gasteiger partial charge in [0.1, 0.15) is 0 Å². The van der Waals surface area contributed by atoms with E-state index < -0.39 is 17.7 Å². The van der Waals surface area contributed by atoms with Crippen LogP contribution in [0.2, 0.25) is 0 Å². The summed E-state index contributed by atoms with van der Waals surface area (Å²) in [6, 6.07) is 12.4. The number of hydrogen-bond donors (Lipinski definition) is 1. The molecule has 0 spiro atoms. The van der Waals surface area contributed by atoms with E-state index in [1.807, 2.05) is 23.6 Å². The van der Waals surface area contributed by atoms with Crippen molar-refractivity contribution in [3.63, 3.8) is 0 Å². The van der Waals surface area contributed by atoms with Crippen molar-refractivity contribution >= 4 is 17.3 Å². The summed E-state index contributed by atoms with van der Waals surface area (Å²) in [5.74, 6) is -0.950. The molecule has 7 heteroatoms. The van der Waals surface area contributed by atoms with Crippen LogP contribution in [0.1, 0.15) is 17.7 Å². The van der Waals surface area contributed by atoms with E-state index in [0.29, 0.717) is 11.4 Å². The number of aryl methyl sites for hydroxylation is 1. The van der Waals surface area contributed by atoms with Crippen LogP contribution in [0.5, 0.6) is 0 Å². The lowest BCUT2D eigenvalue weighted by atomic mass is 10.1. The number of rotatable bonds is 5. The summed E-state index contributed by atoms with van der Waals surface area (Å²) < 4.78 is 40.9. The molecule has 0 aliphatic rings. The first-order valence-electron chi connectivity index (χ1n) is 7.50. The summed E-state index contributed by atoms with van der Waals surface area (Å²) in [5, 5.41) is 10.8. The van der Waals surface area contributed by atoms with Gasteiger partial charge in [0, 0.05) is 11.4 Å². The number of benzene rings is 1. The minimum Gasteiger partial charge on any atom is -0.481 e. The quantitative estimate of drug-likeness (QED) is 0.672. The second kappa shape index (κ2) is 6.76. The second-order valence-corrected chi connectivity index (χ2v) is 6.41. The van der Waals surface area contributed by atoms with Crippen LogP contribution in [0, 0.1) is 0 Å². The molecule has 3 nitrogen and oxygen atoms in total. The first kappa shape index (κ1) is 17.3. The van der Waals surface area contributed by atoms with Crippen LogP contribution in [0.15, 0.2) is 53.9 Å². The number of nitrogens with zero attached hydrogens (tertiary/aromatic N) is 1. The molecule has 0 saturated carbocycles. The lowest BCUT2D eigenvalue weighted by molar-refractivity contribution is -0.138. The number of alkyl halides is 3. The number of hydrogen-bond acceptors (Lipinski definition) is 2. The van der Waals surface area contributed by atoms with Crippen LogP contribution in [0.25, 0.3) is 16.3 Å². The zero-order valence-corrected chi connectivity index (χ0v) is 13.8. The molecule has 0 aliphatic carbocycles.